The maximum absolute atomic E-state index is 10.9. The molecule has 6 heteroatoms. The van der Waals surface area contributed by atoms with E-state index in [1.807, 2.05) is 13.8 Å². The Hall–Kier alpha value is -0.970. The summed E-state index contributed by atoms with van der Waals surface area (Å²) in [4.78, 5) is 12.7. The van der Waals surface area contributed by atoms with Gasteiger partial charge in [0.1, 0.15) is 5.75 Å². The van der Waals surface area contributed by atoms with Crippen molar-refractivity contribution in [3.05, 3.63) is 27.7 Å². The molecule has 0 aliphatic heterocycles. The van der Waals surface area contributed by atoms with E-state index < -0.39 is 5.97 Å². The van der Waals surface area contributed by atoms with Gasteiger partial charge < -0.3 is 9.84 Å². The van der Waals surface area contributed by atoms with E-state index in [2.05, 4.69) is 0 Å². The Bertz CT molecular complexity index is 463. The van der Waals surface area contributed by atoms with E-state index in [0.717, 1.165) is 5.56 Å². The van der Waals surface area contributed by atoms with E-state index in [1.54, 1.807) is 17.0 Å². The minimum atomic E-state index is -0.874. The number of halogens is 2. The molecule has 1 aromatic rings. The molecule has 0 spiro atoms. The summed E-state index contributed by atoms with van der Waals surface area (Å²) in [6, 6.07) is 3.42. The SMILES string of the molecule is COc1c(Cl)cc(Cl)cc1CN(CC(=O)O)C(C)C. The van der Waals surface area contributed by atoms with Crippen LogP contribution in [0.25, 0.3) is 0 Å². The Balaban J connectivity index is 3.04. The molecule has 0 saturated heterocycles. The first-order valence-electron chi connectivity index (χ1n) is 5.83. The number of rotatable bonds is 6. The zero-order chi connectivity index (χ0) is 14.6. The van der Waals surface area contributed by atoms with Crippen molar-refractivity contribution in [2.24, 2.45) is 0 Å². The Morgan fingerprint density at radius 1 is 1.42 bits per heavy atom. The summed E-state index contributed by atoms with van der Waals surface area (Å²) >= 11 is 12.0. The number of hydrogen-bond donors (Lipinski definition) is 1. The third-order valence-corrected chi connectivity index (χ3v) is 3.23. The predicted octanol–water partition coefficient (Wildman–Crippen LogP) is 3.30. The highest BCUT2D eigenvalue weighted by Crippen LogP contribution is 2.33. The van der Waals surface area contributed by atoms with Crippen LogP contribution in [0.1, 0.15) is 19.4 Å². The van der Waals surface area contributed by atoms with E-state index in [1.165, 1.54) is 7.11 Å². The largest absolute Gasteiger partial charge is 0.495 e. The third-order valence-electron chi connectivity index (χ3n) is 2.73. The quantitative estimate of drug-likeness (QED) is 0.876. The molecular weight excluding hydrogens is 289 g/mol. The molecule has 0 fully saturated rings. The van der Waals surface area contributed by atoms with Crippen molar-refractivity contribution in [1.82, 2.24) is 4.90 Å². The summed E-state index contributed by atoms with van der Waals surface area (Å²) < 4.78 is 5.25. The summed E-state index contributed by atoms with van der Waals surface area (Å²) in [6.07, 6.45) is 0. The van der Waals surface area contributed by atoms with E-state index in [9.17, 15) is 4.79 Å². The molecule has 0 unspecified atom stereocenters. The second kappa shape index (κ2) is 6.98. The van der Waals surface area contributed by atoms with Crippen LogP contribution in [0.2, 0.25) is 10.0 Å². The zero-order valence-electron chi connectivity index (χ0n) is 11.1. The lowest BCUT2D eigenvalue weighted by Gasteiger charge is -2.25. The molecule has 19 heavy (non-hydrogen) atoms. The number of carbonyl (C=O) groups is 1. The fraction of sp³-hybridized carbons (Fsp3) is 0.462. The van der Waals surface area contributed by atoms with Crippen molar-refractivity contribution in [1.29, 1.82) is 0 Å². The van der Waals surface area contributed by atoms with Gasteiger partial charge in [-0.05, 0) is 26.0 Å². The maximum Gasteiger partial charge on any atom is 0.317 e. The van der Waals surface area contributed by atoms with Gasteiger partial charge in [-0.25, -0.2) is 0 Å². The van der Waals surface area contributed by atoms with Crippen molar-refractivity contribution in [2.75, 3.05) is 13.7 Å². The molecule has 0 bridgehead atoms. The van der Waals surface area contributed by atoms with Crippen molar-refractivity contribution in [3.8, 4) is 5.75 Å². The molecule has 0 saturated carbocycles. The lowest BCUT2D eigenvalue weighted by atomic mass is 10.1. The van der Waals surface area contributed by atoms with Crippen LogP contribution in [0.15, 0.2) is 12.1 Å². The molecule has 1 rings (SSSR count). The number of nitrogens with zero attached hydrogens (tertiary/aromatic N) is 1. The molecule has 1 aromatic carbocycles. The summed E-state index contributed by atoms with van der Waals surface area (Å²) in [5.74, 6) is -0.345. The van der Waals surface area contributed by atoms with Crippen molar-refractivity contribution in [3.63, 3.8) is 0 Å². The summed E-state index contributed by atoms with van der Waals surface area (Å²) in [5.41, 5.74) is 0.773. The van der Waals surface area contributed by atoms with Gasteiger partial charge in [-0.3, -0.25) is 9.69 Å². The highest BCUT2D eigenvalue weighted by atomic mass is 35.5. The Morgan fingerprint density at radius 2 is 2.05 bits per heavy atom. The van der Waals surface area contributed by atoms with Gasteiger partial charge in [-0.15, -0.1) is 0 Å². The monoisotopic (exact) mass is 305 g/mol. The van der Waals surface area contributed by atoms with Crippen molar-refractivity contribution < 1.29 is 14.6 Å². The summed E-state index contributed by atoms with van der Waals surface area (Å²) in [5, 5.41) is 9.84. The van der Waals surface area contributed by atoms with Gasteiger partial charge in [0.05, 0.1) is 18.7 Å². The molecular formula is C13H17Cl2NO3. The number of carboxylic acid groups (broad SMARTS) is 1. The van der Waals surface area contributed by atoms with Gasteiger partial charge in [0, 0.05) is 23.2 Å². The highest BCUT2D eigenvalue weighted by molar-refractivity contribution is 6.35. The van der Waals surface area contributed by atoms with Crippen LogP contribution in [0.4, 0.5) is 0 Å². The van der Waals surface area contributed by atoms with Crippen LogP contribution in [0.3, 0.4) is 0 Å². The number of benzene rings is 1. The number of methoxy groups -OCH3 is 1. The average Bonchev–Trinajstić information content (AvgIpc) is 2.26. The van der Waals surface area contributed by atoms with E-state index >= 15 is 0 Å². The minimum absolute atomic E-state index is 0.0506. The Kier molecular flexibility index (Phi) is 5.91. The van der Waals surface area contributed by atoms with Crippen LogP contribution >= 0.6 is 23.2 Å². The van der Waals surface area contributed by atoms with E-state index in [-0.39, 0.29) is 12.6 Å². The summed E-state index contributed by atoms with van der Waals surface area (Å²) in [6.45, 7) is 4.22. The van der Waals surface area contributed by atoms with Gasteiger partial charge in [-0.2, -0.15) is 0 Å². The van der Waals surface area contributed by atoms with E-state index in [0.29, 0.717) is 22.3 Å². The van der Waals surface area contributed by atoms with Gasteiger partial charge in [0.25, 0.3) is 0 Å². The number of ether oxygens (including phenoxy) is 1. The smallest absolute Gasteiger partial charge is 0.317 e. The van der Waals surface area contributed by atoms with Gasteiger partial charge in [0.2, 0.25) is 0 Å². The number of aliphatic carboxylic acids is 1. The van der Waals surface area contributed by atoms with Crippen LogP contribution in [0.5, 0.6) is 5.75 Å². The lowest BCUT2D eigenvalue weighted by molar-refractivity contribution is -0.138. The molecule has 4 nitrogen and oxygen atoms in total. The third kappa shape index (κ3) is 4.56. The molecule has 1 N–H and O–H groups in total. The van der Waals surface area contributed by atoms with Gasteiger partial charge in [-0.1, -0.05) is 23.2 Å². The molecule has 106 valence electrons. The first-order chi connectivity index (χ1) is 8.85. The molecule has 0 heterocycles. The molecule has 0 atom stereocenters. The topological polar surface area (TPSA) is 49.8 Å². The van der Waals surface area contributed by atoms with Crippen LogP contribution in [-0.4, -0.2) is 35.7 Å². The predicted molar refractivity (Wildman–Crippen MR) is 76.2 cm³/mol. The van der Waals surface area contributed by atoms with Crippen molar-refractivity contribution in [2.45, 2.75) is 26.4 Å². The molecule has 0 amide bonds. The molecule has 0 radical (unpaired) electrons. The Labute approximate surface area is 122 Å². The summed E-state index contributed by atoms with van der Waals surface area (Å²) in [7, 11) is 1.52. The standard InChI is InChI=1S/C13H17Cl2NO3/c1-8(2)16(7-12(17)18)6-9-4-10(14)5-11(15)13(9)19-3/h4-5,8H,6-7H2,1-3H3,(H,17,18). The molecule has 0 aliphatic carbocycles. The van der Waals surface area contributed by atoms with Crippen LogP contribution in [0, 0.1) is 0 Å². The average molecular weight is 306 g/mol. The Morgan fingerprint density at radius 3 is 2.53 bits per heavy atom. The van der Waals surface area contributed by atoms with Crippen LogP contribution in [-0.2, 0) is 11.3 Å². The van der Waals surface area contributed by atoms with Gasteiger partial charge in [0.15, 0.2) is 0 Å². The first-order valence-corrected chi connectivity index (χ1v) is 6.58. The van der Waals surface area contributed by atoms with Crippen molar-refractivity contribution >= 4 is 29.2 Å². The fourth-order valence-electron chi connectivity index (χ4n) is 1.77. The molecule has 0 aromatic heterocycles. The minimum Gasteiger partial charge on any atom is -0.495 e. The lowest BCUT2D eigenvalue weighted by Crippen LogP contribution is -2.35. The fourth-order valence-corrected chi connectivity index (χ4v) is 2.39. The normalized spacial score (nSPS) is 11.1. The zero-order valence-corrected chi connectivity index (χ0v) is 12.6. The van der Waals surface area contributed by atoms with E-state index in [4.69, 9.17) is 33.0 Å². The number of carboxylic acids is 1. The highest BCUT2D eigenvalue weighted by Gasteiger charge is 2.18. The number of hydrogen-bond acceptors (Lipinski definition) is 3. The maximum atomic E-state index is 10.9. The van der Waals surface area contributed by atoms with Crippen LogP contribution < -0.4 is 4.74 Å². The second-order valence-electron chi connectivity index (χ2n) is 4.47. The first kappa shape index (κ1) is 16.1. The second-order valence-corrected chi connectivity index (χ2v) is 5.32. The molecule has 0 aliphatic rings. The van der Waals surface area contributed by atoms with Gasteiger partial charge >= 0.3 is 5.97 Å².